The van der Waals surface area contributed by atoms with Crippen molar-refractivity contribution in [3.63, 3.8) is 0 Å². The molecule has 3 rings (SSSR count). The second-order valence-electron chi connectivity index (χ2n) is 4.05. The van der Waals surface area contributed by atoms with Gasteiger partial charge in [-0.15, -0.1) is 0 Å². The lowest BCUT2D eigenvalue weighted by molar-refractivity contribution is 0.560. The van der Waals surface area contributed by atoms with E-state index in [-0.39, 0.29) is 0 Å². The van der Waals surface area contributed by atoms with Crippen LogP contribution in [0.5, 0.6) is 0 Å². The van der Waals surface area contributed by atoms with E-state index in [0.717, 1.165) is 31.1 Å². The fourth-order valence-corrected chi connectivity index (χ4v) is 2.08. The number of rotatable bonds is 1. The fourth-order valence-electron chi connectivity index (χ4n) is 2.08. The van der Waals surface area contributed by atoms with E-state index in [1.165, 1.54) is 5.69 Å². The summed E-state index contributed by atoms with van der Waals surface area (Å²) in [6.07, 6.45) is 3.90. The molecule has 2 aromatic rings. The first-order valence-electron chi connectivity index (χ1n) is 5.43. The topological polar surface area (TPSA) is 47.1 Å². The molecule has 1 aliphatic heterocycles. The van der Waals surface area contributed by atoms with Gasteiger partial charge in [0.05, 0.1) is 6.54 Å². The van der Waals surface area contributed by atoms with Crippen LogP contribution in [-0.2, 0) is 13.1 Å². The second-order valence-corrected chi connectivity index (χ2v) is 4.05. The average Bonchev–Trinajstić information content (AvgIpc) is 2.77. The summed E-state index contributed by atoms with van der Waals surface area (Å²) in [5.74, 6) is 1.13. The lowest BCUT2D eigenvalue weighted by Gasteiger charge is -2.29. The van der Waals surface area contributed by atoms with Gasteiger partial charge in [0.25, 0.3) is 0 Å². The summed E-state index contributed by atoms with van der Waals surface area (Å²) >= 11 is 0. The van der Waals surface area contributed by atoms with Crippen LogP contribution in [0.1, 0.15) is 5.82 Å². The Morgan fingerprint density at radius 2 is 1.94 bits per heavy atom. The third kappa shape index (κ3) is 1.52. The van der Waals surface area contributed by atoms with Gasteiger partial charge in [-0.1, -0.05) is 0 Å². The molecule has 4 heteroatoms. The molecule has 0 bridgehead atoms. The van der Waals surface area contributed by atoms with Gasteiger partial charge < -0.3 is 15.2 Å². The zero-order chi connectivity index (χ0) is 11.0. The largest absolute Gasteiger partial charge is 0.399 e. The summed E-state index contributed by atoms with van der Waals surface area (Å²) in [7, 11) is 0. The third-order valence-corrected chi connectivity index (χ3v) is 3.00. The molecule has 0 atom stereocenters. The van der Waals surface area contributed by atoms with Gasteiger partial charge in [-0.2, -0.15) is 0 Å². The molecule has 1 aromatic heterocycles. The van der Waals surface area contributed by atoms with Crippen molar-refractivity contribution in [1.82, 2.24) is 9.55 Å². The maximum Gasteiger partial charge on any atom is 0.128 e. The van der Waals surface area contributed by atoms with Crippen LogP contribution in [0, 0.1) is 0 Å². The smallest absolute Gasteiger partial charge is 0.128 e. The summed E-state index contributed by atoms with van der Waals surface area (Å²) in [6, 6.07) is 8.01. The molecule has 1 aromatic carbocycles. The zero-order valence-electron chi connectivity index (χ0n) is 9.00. The van der Waals surface area contributed by atoms with Crippen molar-refractivity contribution in [2.24, 2.45) is 0 Å². The van der Waals surface area contributed by atoms with Crippen molar-refractivity contribution in [3.8, 4) is 0 Å². The Morgan fingerprint density at radius 1 is 1.12 bits per heavy atom. The molecule has 0 saturated heterocycles. The molecular weight excluding hydrogens is 200 g/mol. The van der Waals surface area contributed by atoms with Gasteiger partial charge in [-0.05, 0) is 24.3 Å². The number of hydrogen-bond donors (Lipinski definition) is 1. The van der Waals surface area contributed by atoms with Crippen LogP contribution >= 0.6 is 0 Å². The molecule has 0 radical (unpaired) electrons. The lowest BCUT2D eigenvalue weighted by atomic mass is 10.2. The van der Waals surface area contributed by atoms with Crippen molar-refractivity contribution in [3.05, 3.63) is 42.5 Å². The highest BCUT2D eigenvalue weighted by molar-refractivity contribution is 5.53. The Labute approximate surface area is 94.3 Å². The van der Waals surface area contributed by atoms with Crippen LogP contribution < -0.4 is 10.6 Å². The highest BCUT2D eigenvalue weighted by Gasteiger charge is 2.16. The van der Waals surface area contributed by atoms with E-state index in [1.807, 2.05) is 24.5 Å². The molecule has 16 heavy (non-hydrogen) atoms. The van der Waals surface area contributed by atoms with Crippen molar-refractivity contribution in [2.75, 3.05) is 17.2 Å². The van der Waals surface area contributed by atoms with Crippen LogP contribution in [0.25, 0.3) is 0 Å². The molecule has 0 spiro atoms. The summed E-state index contributed by atoms with van der Waals surface area (Å²) in [5.41, 5.74) is 7.70. The Hall–Kier alpha value is -1.97. The van der Waals surface area contributed by atoms with Gasteiger partial charge in [0, 0.05) is 36.9 Å². The van der Waals surface area contributed by atoms with Gasteiger partial charge in [-0.3, -0.25) is 0 Å². The zero-order valence-corrected chi connectivity index (χ0v) is 9.00. The summed E-state index contributed by atoms with van der Waals surface area (Å²) < 4.78 is 2.20. The van der Waals surface area contributed by atoms with Crippen molar-refractivity contribution in [2.45, 2.75) is 13.1 Å². The number of benzene rings is 1. The van der Waals surface area contributed by atoms with Gasteiger partial charge in [0.15, 0.2) is 0 Å². The Morgan fingerprint density at radius 3 is 2.75 bits per heavy atom. The number of nitrogen functional groups attached to an aromatic ring is 1. The Bertz CT molecular complexity index is 486. The van der Waals surface area contributed by atoms with Crippen LogP contribution in [0.4, 0.5) is 11.4 Å². The molecule has 1 aliphatic rings. The van der Waals surface area contributed by atoms with Gasteiger partial charge in [-0.25, -0.2) is 4.98 Å². The average molecular weight is 214 g/mol. The van der Waals surface area contributed by atoms with Gasteiger partial charge in [0.2, 0.25) is 0 Å². The van der Waals surface area contributed by atoms with E-state index in [9.17, 15) is 0 Å². The standard InChI is InChI=1S/C12H14N4/c13-10-1-3-11(4-2-10)16-8-7-15-6-5-14-12(15)9-16/h1-6H,7-9,13H2. The number of nitrogens with two attached hydrogens (primary N) is 1. The number of hydrogen-bond acceptors (Lipinski definition) is 3. The number of anilines is 2. The summed E-state index contributed by atoms with van der Waals surface area (Å²) in [6.45, 7) is 2.89. The van der Waals surface area contributed by atoms with E-state index >= 15 is 0 Å². The molecule has 2 N–H and O–H groups in total. The quantitative estimate of drug-likeness (QED) is 0.731. The predicted molar refractivity (Wildman–Crippen MR) is 64.1 cm³/mol. The first kappa shape index (κ1) is 9.27. The van der Waals surface area contributed by atoms with E-state index in [1.54, 1.807) is 0 Å². The fraction of sp³-hybridized carbons (Fsp3) is 0.250. The molecule has 0 amide bonds. The molecule has 0 fully saturated rings. The molecule has 0 saturated carbocycles. The molecule has 4 nitrogen and oxygen atoms in total. The maximum atomic E-state index is 5.68. The van der Waals surface area contributed by atoms with E-state index in [0.29, 0.717) is 0 Å². The summed E-state index contributed by atoms with van der Waals surface area (Å²) in [4.78, 5) is 6.67. The van der Waals surface area contributed by atoms with Crippen molar-refractivity contribution >= 4 is 11.4 Å². The minimum Gasteiger partial charge on any atom is -0.399 e. The first-order valence-corrected chi connectivity index (χ1v) is 5.43. The molecular formula is C12H14N4. The number of aromatic nitrogens is 2. The molecule has 2 heterocycles. The summed E-state index contributed by atoms with van der Waals surface area (Å²) in [5, 5.41) is 0. The minimum absolute atomic E-state index is 0.808. The van der Waals surface area contributed by atoms with E-state index in [2.05, 4.69) is 26.6 Å². The lowest BCUT2D eigenvalue weighted by Crippen LogP contribution is -2.33. The molecule has 0 aliphatic carbocycles. The van der Waals surface area contributed by atoms with E-state index in [4.69, 9.17) is 5.73 Å². The number of fused-ring (bicyclic) bond motifs is 1. The first-order chi connectivity index (χ1) is 7.83. The molecule has 82 valence electrons. The number of nitrogens with zero attached hydrogens (tertiary/aromatic N) is 3. The van der Waals surface area contributed by atoms with E-state index < -0.39 is 0 Å². The van der Waals surface area contributed by atoms with Gasteiger partial charge in [0.1, 0.15) is 5.82 Å². The Balaban J connectivity index is 1.86. The van der Waals surface area contributed by atoms with Gasteiger partial charge >= 0.3 is 0 Å². The highest BCUT2D eigenvalue weighted by Crippen LogP contribution is 2.21. The second kappa shape index (κ2) is 3.56. The van der Waals surface area contributed by atoms with Crippen LogP contribution in [0.2, 0.25) is 0 Å². The number of imidazole rings is 1. The normalized spacial score (nSPS) is 14.9. The third-order valence-electron chi connectivity index (χ3n) is 3.00. The Kier molecular flexibility index (Phi) is 2.06. The van der Waals surface area contributed by atoms with Crippen LogP contribution in [-0.4, -0.2) is 16.1 Å². The van der Waals surface area contributed by atoms with Crippen molar-refractivity contribution in [1.29, 1.82) is 0 Å². The van der Waals surface area contributed by atoms with Crippen LogP contribution in [0.15, 0.2) is 36.7 Å². The van der Waals surface area contributed by atoms with Crippen LogP contribution in [0.3, 0.4) is 0 Å². The molecule has 0 unspecified atom stereocenters. The predicted octanol–water partition coefficient (Wildman–Crippen LogP) is 1.49. The minimum atomic E-state index is 0.808. The monoisotopic (exact) mass is 214 g/mol. The highest BCUT2D eigenvalue weighted by atomic mass is 15.2. The SMILES string of the molecule is Nc1ccc(N2CCn3ccnc3C2)cc1. The maximum absolute atomic E-state index is 5.68. The van der Waals surface area contributed by atoms with Crippen molar-refractivity contribution < 1.29 is 0 Å².